The van der Waals surface area contributed by atoms with Crippen molar-refractivity contribution in [1.29, 1.82) is 0 Å². The van der Waals surface area contributed by atoms with Gasteiger partial charge in [-0.2, -0.15) is 13.2 Å². The van der Waals surface area contributed by atoms with E-state index in [9.17, 15) is 22.8 Å². The molecule has 1 aromatic carbocycles. The summed E-state index contributed by atoms with van der Waals surface area (Å²) in [5.74, 6) is -0.171. The standard InChI is InChI=1S/C19H19F3N2O2S/c1-11-10-15(24-17(25)13-4-5-13)27-16(11)18(26)23-9-8-12-2-6-14(7-3-12)19(20,21)22/h2-3,6-7,10,13H,4-5,8-9H2,1H3,(H,23,26)(H,24,25). The minimum absolute atomic E-state index is 0.00879. The number of hydrogen-bond acceptors (Lipinski definition) is 3. The molecule has 8 heteroatoms. The predicted octanol–water partition coefficient (Wildman–Crippen LogP) is 4.40. The third-order valence-electron chi connectivity index (χ3n) is 4.30. The molecule has 27 heavy (non-hydrogen) atoms. The van der Waals surface area contributed by atoms with E-state index in [-0.39, 0.29) is 17.7 Å². The van der Waals surface area contributed by atoms with Crippen LogP contribution in [0.1, 0.15) is 39.2 Å². The summed E-state index contributed by atoms with van der Waals surface area (Å²) in [4.78, 5) is 24.7. The molecule has 2 aromatic rings. The fraction of sp³-hybridized carbons (Fsp3) is 0.368. The van der Waals surface area contributed by atoms with Crippen LogP contribution in [0, 0.1) is 12.8 Å². The van der Waals surface area contributed by atoms with Gasteiger partial charge in [-0.05, 0) is 55.5 Å². The second-order valence-corrected chi connectivity index (χ2v) is 7.64. The molecule has 0 radical (unpaired) electrons. The first-order chi connectivity index (χ1) is 12.7. The highest BCUT2D eigenvalue weighted by Crippen LogP contribution is 2.33. The number of nitrogens with one attached hydrogen (secondary N) is 2. The van der Waals surface area contributed by atoms with Crippen LogP contribution in [0.4, 0.5) is 18.2 Å². The lowest BCUT2D eigenvalue weighted by Gasteiger charge is -2.08. The molecule has 1 aliphatic carbocycles. The molecule has 1 aromatic heterocycles. The van der Waals surface area contributed by atoms with Crippen LogP contribution in [0.2, 0.25) is 0 Å². The maximum Gasteiger partial charge on any atom is 0.416 e. The summed E-state index contributed by atoms with van der Waals surface area (Å²) in [7, 11) is 0. The first-order valence-corrected chi connectivity index (χ1v) is 9.41. The monoisotopic (exact) mass is 396 g/mol. The van der Waals surface area contributed by atoms with Gasteiger partial charge in [0, 0.05) is 12.5 Å². The fourth-order valence-electron chi connectivity index (χ4n) is 2.60. The SMILES string of the molecule is Cc1cc(NC(=O)C2CC2)sc1C(=O)NCCc1ccc(C(F)(F)F)cc1. The number of hydrogen-bond donors (Lipinski definition) is 2. The molecule has 0 unspecified atom stereocenters. The summed E-state index contributed by atoms with van der Waals surface area (Å²) in [6.07, 6.45) is -2.10. The smallest absolute Gasteiger partial charge is 0.351 e. The average Bonchev–Trinajstić information content (AvgIpc) is 3.38. The van der Waals surface area contributed by atoms with Gasteiger partial charge >= 0.3 is 6.18 Å². The van der Waals surface area contributed by atoms with E-state index in [2.05, 4.69) is 10.6 Å². The van der Waals surface area contributed by atoms with Crippen LogP contribution in [0.15, 0.2) is 30.3 Å². The molecule has 0 atom stereocenters. The summed E-state index contributed by atoms with van der Waals surface area (Å²) in [5, 5.41) is 6.25. The van der Waals surface area contributed by atoms with Gasteiger partial charge in [0.1, 0.15) is 0 Å². The molecule has 0 spiro atoms. The Kier molecular flexibility index (Phi) is 5.55. The van der Waals surface area contributed by atoms with Crippen molar-refractivity contribution >= 4 is 28.2 Å². The molecule has 144 valence electrons. The summed E-state index contributed by atoms with van der Waals surface area (Å²) >= 11 is 1.22. The van der Waals surface area contributed by atoms with Crippen molar-refractivity contribution in [2.75, 3.05) is 11.9 Å². The predicted molar refractivity (Wildman–Crippen MR) is 97.9 cm³/mol. The first-order valence-electron chi connectivity index (χ1n) is 8.59. The number of alkyl halides is 3. The molecule has 1 saturated carbocycles. The number of aryl methyl sites for hydroxylation is 1. The van der Waals surface area contributed by atoms with Gasteiger partial charge in [0.2, 0.25) is 5.91 Å². The lowest BCUT2D eigenvalue weighted by Crippen LogP contribution is -2.25. The van der Waals surface area contributed by atoms with E-state index in [1.165, 1.54) is 23.5 Å². The molecule has 1 heterocycles. The van der Waals surface area contributed by atoms with E-state index in [1.807, 2.05) is 0 Å². The van der Waals surface area contributed by atoms with Crippen LogP contribution >= 0.6 is 11.3 Å². The second-order valence-electron chi connectivity index (χ2n) is 6.59. The van der Waals surface area contributed by atoms with E-state index in [4.69, 9.17) is 0 Å². The van der Waals surface area contributed by atoms with Crippen LogP contribution in [-0.2, 0) is 17.4 Å². The highest BCUT2D eigenvalue weighted by Gasteiger charge is 2.30. The molecular formula is C19H19F3N2O2S. The van der Waals surface area contributed by atoms with Crippen molar-refractivity contribution in [1.82, 2.24) is 5.32 Å². The zero-order chi connectivity index (χ0) is 19.6. The average molecular weight is 396 g/mol. The molecule has 2 N–H and O–H groups in total. The van der Waals surface area contributed by atoms with E-state index in [0.29, 0.717) is 28.4 Å². The summed E-state index contributed by atoms with van der Waals surface area (Å²) in [6, 6.07) is 6.67. The molecule has 0 saturated heterocycles. The number of carbonyl (C=O) groups excluding carboxylic acids is 2. The Balaban J connectivity index is 1.51. The number of carbonyl (C=O) groups is 2. The first kappa shape index (κ1) is 19.4. The van der Waals surface area contributed by atoms with Gasteiger partial charge in [-0.1, -0.05) is 12.1 Å². The van der Waals surface area contributed by atoms with Gasteiger partial charge in [0.25, 0.3) is 5.91 Å². The van der Waals surface area contributed by atoms with Gasteiger partial charge in [-0.25, -0.2) is 0 Å². The van der Waals surface area contributed by atoms with Gasteiger partial charge in [0.05, 0.1) is 15.4 Å². The number of halogens is 3. The van der Waals surface area contributed by atoms with E-state index >= 15 is 0 Å². The molecule has 2 amide bonds. The maximum absolute atomic E-state index is 12.5. The van der Waals surface area contributed by atoms with Gasteiger partial charge in [-0.15, -0.1) is 11.3 Å². The zero-order valence-electron chi connectivity index (χ0n) is 14.7. The Bertz CT molecular complexity index is 840. The number of rotatable bonds is 6. The minimum Gasteiger partial charge on any atom is -0.351 e. The van der Waals surface area contributed by atoms with Crippen LogP contribution in [0.25, 0.3) is 0 Å². The van der Waals surface area contributed by atoms with Gasteiger partial charge < -0.3 is 10.6 Å². The van der Waals surface area contributed by atoms with Crippen LogP contribution in [-0.4, -0.2) is 18.4 Å². The van der Waals surface area contributed by atoms with E-state index in [0.717, 1.165) is 30.5 Å². The Morgan fingerprint density at radius 1 is 1.19 bits per heavy atom. The highest BCUT2D eigenvalue weighted by molar-refractivity contribution is 7.18. The number of anilines is 1. The van der Waals surface area contributed by atoms with Crippen LogP contribution in [0.5, 0.6) is 0 Å². The van der Waals surface area contributed by atoms with Gasteiger partial charge in [-0.3, -0.25) is 9.59 Å². The summed E-state index contributed by atoms with van der Waals surface area (Å²) < 4.78 is 37.6. The Hall–Kier alpha value is -2.35. The molecule has 4 nitrogen and oxygen atoms in total. The zero-order valence-corrected chi connectivity index (χ0v) is 15.5. The third-order valence-corrected chi connectivity index (χ3v) is 5.45. The van der Waals surface area contributed by atoms with Crippen molar-refractivity contribution < 1.29 is 22.8 Å². The Labute approximate surface area is 158 Å². The molecule has 0 bridgehead atoms. The van der Waals surface area contributed by atoms with Gasteiger partial charge in [0.15, 0.2) is 0 Å². The Morgan fingerprint density at radius 2 is 1.85 bits per heavy atom. The van der Waals surface area contributed by atoms with E-state index < -0.39 is 11.7 Å². The summed E-state index contributed by atoms with van der Waals surface area (Å²) in [6.45, 7) is 2.11. The number of thiophene rings is 1. The van der Waals surface area contributed by atoms with Crippen molar-refractivity contribution in [3.05, 3.63) is 51.9 Å². The lowest BCUT2D eigenvalue weighted by atomic mass is 10.1. The molecule has 1 aliphatic rings. The molecular weight excluding hydrogens is 377 g/mol. The quantitative estimate of drug-likeness (QED) is 0.761. The molecule has 0 aliphatic heterocycles. The normalized spacial score (nSPS) is 14.1. The second kappa shape index (κ2) is 7.72. The van der Waals surface area contributed by atoms with Crippen molar-refractivity contribution in [3.63, 3.8) is 0 Å². The topological polar surface area (TPSA) is 58.2 Å². The van der Waals surface area contributed by atoms with Crippen LogP contribution in [0.3, 0.4) is 0 Å². The van der Waals surface area contributed by atoms with Crippen molar-refractivity contribution in [2.24, 2.45) is 5.92 Å². The van der Waals surface area contributed by atoms with Crippen LogP contribution < -0.4 is 10.6 Å². The molecule has 1 fully saturated rings. The van der Waals surface area contributed by atoms with Crippen molar-refractivity contribution in [2.45, 2.75) is 32.4 Å². The number of benzene rings is 1. The molecule has 3 rings (SSSR count). The lowest BCUT2D eigenvalue weighted by molar-refractivity contribution is -0.137. The summed E-state index contributed by atoms with van der Waals surface area (Å²) in [5.41, 5.74) is 0.798. The third kappa shape index (κ3) is 5.09. The van der Waals surface area contributed by atoms with E-state index in [1.54, 1.807) is 13.0 Å². The largest absolute Gasteiger partial charge is 0.416 e. The Morgan fingerprint density at radius 3 is 2.44 bits per heavy atom. The minimum atomic E-state index is -4.35. The van der Waals surface area contributed by atoms with Crippen molar-refractivity contribution in [3.8, 4) is 0 Å². The highest BCUT2D eigenvalue weighted by atomic mass is 32.1. The fourth-order valence-corrected chi connectivity index (χ4v) is 3.59. The maximum atomic E-state index is 12.5. The number of amides is 2.